The third-order valence-electron chi connectivity index (χ3n) is 6.21. The van der Waals surface area contributed by atoms with Crippen LogP contribution in [-0.4, -0.2) is 16.7 Å². The minimum absolute atomic E-state index is 0.0214. The highest BCUT2D eigenvalue weighted by Gasteiger charge is 2.39. The van der Waals surface area contributed by atoms with Crippen LogP contribution in [0.1, 0.15) is 39.4 Å². The van der Waals surface area contributed by atoms with E-state index in [2.05, 4.69) is 4.98 Å². The van der Waals surface area contributed by atoms with Crippen LogP contribution in [0.2, 0.25) is 5.02 Å². The largest absolute Gasteiger partial charge is 0.452 e. The van der Waals surface area contributed by atoms with E-state index in [1.807, 2.05) is 18.2 Å². The Bertz CT molecular complexity index is 1650. The van der Waals surface area contributed by atoms with Crippen LogP contribution in [-0.2, 0) is 4.79 Å². The molecule has 6 nitrogen and oxygen atoms in total. The molecule has 6 rings (SSSR count). The number of hydrogen-bond donors (Lipinski definition) is 1. The van der Waals surface area contributed by atoms with Gasteiger partial charge in [0.05, 0.1) is 17.0 Å². The second-order valence-corrected chi connectivity index (χ2v) is 8.71. The number of fused-ring (bicyclic) bond motifs is 4. The summed E-state index contributed by atoms with van der Waals surface area (Å²) in [5.74, 6) is -2.03. The standard InChI is InChI=1S/C27H15ClFNO5/c28-18-5-3-6-19(29)17(18)11-22-25(32)14-8-9-21-24(26(14)35-22)15(12-23(31)34-21)16-10-13-4-1-2-7-20(13)30-27(16)33/h1-11,15H,12H2,(H,30,33)/b22-11+/t15-/m1/s1. The molecule has 0 saturated heterocycles. The number of aromatic amines is 1. The van der Waals surface area contributed by atoms with E-state index in [0.29, 0.717) is 16.6 Å². The maximum atomic E-state index is 14.3. The number of H-pyrrole nitrogens is 1. The Labute approximate surface area is 202 Å². The summed E-state index contributed by atoms with van der Waals surface area (Å²) in [6.07, 6.45) is 1.14. The zero-order valence-corrected chi connectivity index (χ0v) is 18.7. The first-order chi connectivity index (χ1) is 16.9. The average molecular weight is 488 g/mol. The lowest BCUT2D eigenvalue weighted by Crippen LogP contribution is -2.26. The average Bonchev–Trinajstić information content (AvgIpc) is 3.15. The number of hydrogen-bond acceptors (Lipinski definition) is 5. The summed E-state index contributed by atoms with van der Waals surface area (Å²) in [7, 11) is 0. The SMILES string of the molecule is O=C1C[C@H](c2cc3ccccc3[nH]c2=O)c2c(ccc3c2O/C(=C/c2c(F)cccc2Cl)C3=O)O1. The normalized spacial score (nSPS) is 17.8. The van der Waals surface area contributed by atoms with Gasteiger partial charge in [0.1, 0.15) is 17.3 Å². The topological polar surface area (TPSA) is 85.5 Å². The van der Waals surface area contributed by atoms with E-state index in [0.717, 1.165) is 5.39 Å². The van der Waals surface area contributed by atoms with Gasteiger partial charge in [0.2, 0.25) is 5.78 Å². The zero-order chi connectivity index (χ0) is 24.3. The molecule has 0 bridgehead atoms. The molecule has 0 fully saturated rings. The Morgan fingerprint density at radius 3 is 2.66 bits per heavy atom. The highest BCUT2D eigenvalue weighted by Crippen LogP contribution is 2.48. The zero-order valence-electron chi connectivity index (χ0n) is 17.9. The molecule has 1 aromatic heterocycles. The van der Waals surface area contributed by atoms with E-state index in [1.165, 1.54) is 36.4 Å². The predicted molar refractivity (Wildman–Crippen MR) is 127 cm³/mol. The quantitative estimate of drug-likeness (QED) is 0.233. The van der Waals surface area contributed by atoms with Crippen molar-refractivity contribution in [2.45, 2.75) is 12.3 Å². The van der Waals surface area contributed by atoms with Crippen molar-refractivity contribution in [3.05, 3.63) is 110 Å². The number of rotatable bonds is 2. The fraction of sp³-hybridized carbons (Fsp3) is 0.0741. The van der Waals surface area contributed by atoms with E-state index >= 15 is 0 Å². The molecule has 1 atom stereocenters. The fourth-order valence-electron chi connectivity index (χ4n) is 4.57. The third kappa shape index (κ3) is 3.43. The summed E-state index contributed by atoms with van der Waals surface area (Å²) < 4.78 is 25.7. The van der Waals surface area contributed by atoms with Crippen LogP contribution in [0, 0.1) is 5.82 Å². The lowest BCUT2D eigenvalue weighted by atomic mass is 9.85. The number of aromatic nitrogens is 1. The minimum Gasteiger partial charge on any atom is -0.452 e. The van der Waals surface area contributed by atoms with Crippen LogP contribution in [0.4, 0.5) is 4.39 Å². The minimum atomic E-state index is -0.709. The molecule has 0 unspecified atom stereocenters. The highest BCUT2D eigenvalue weighted by atomic mass is 35.5. The van der Waals surface area contributed by atoms with Crippen LogP contribution in [0.3, 0.4) is 0 Å². The summed E-state index contributed by atoms with van der Waals surface area (Å²) in [4.78, 5) is 41.4. The predicted octanol–water partition coefficient (Wildman–Crippen LogP) is 5.38. The van der Waals surface area contributed by atoms with Crippen molar-refractivity contribution in [3.8, 4) is 11.5 Å². The first kappa shape index (κ1) is 21.3. The van der Waals surface area contributed by atoms with E-state index in [9.17, 15) is 18.8 Å². The first-order valence-electron chi connectivity index (χ1n) is 10.8. The number of esters is 1. The van der Waals surface area contributed by atoms with Gasteiger partial charge in [0, 0.05) is 28.1 Å². The summed E-state index contributed by atoms with van der Waals surface area (Å²) in [5.41, 5.74) is 1.32. The Balaban J connectivity index is 1.52. The van der Waals surface area contributed by atoms with E-state index < -0.39 is 23.5 Å². The summed E-state index contributed by atoms with van der Waals surface area (Å²) in [6.45, 7) is 0. The molecule has 4 aromatic rings. The summed E-state index contributed by atoms with van der Waals surface area (Å²) in [6, 6.07) is 16.2. The monoisotopic (exact) mass is 487 g/mol. The van der Waals surface area contributed by atoms with Gasteiger partial charge < -0.3 is 14.5 Å². The molecule has 1 N–H and O–H groups in total. The number of ether oxygens (including phenoxy) is 2. The van der Waals surface area contributed by atoms with Gasteiger partial charge >= 0.3 is 5.97 Å². The Kier molecular flexibility index (Phi) is 4.82. The summed E-state index contributed by atoms with van der Waals surface area (Å²) in [5, 5.41) is 0.920. The van der Waals surface area contributed by atoms with Gasteiger partial charge in [-0.25, -0.2) is 4.39 Å². The van der Waals surface area contributed by atoms with Crippen LogP contribution < -0.4 is 15.0 Å². The molecule has 0 saturated carbocycles. The molecule has 0 spiro atoms. The summed E-state index contributed by atoms with van der Waals surface area (Å²) >= 11 is 6.12. The molecule has 35 heavy (non-hydrogen) atoms. The number of Topliss-reactive ketones (excluding diaryl/α,β-unsaturated/α-hetero) is 1. The third-order valence-corrected chi connectivity index (χ3v) is 6.54. The molecule has 172 valence electrons. The van der Waals surface area contributed by atoms with Gasteiger partial charge in [-0.05, 0) is 47.9 Å². The van der Waals surface area contributed by atoms with Crippen molar-refractivity contribution < 1.29 is 23.5 Å². The molecule has 8 heteroatoms. The Hall–Kier alpha value is -4.23. The van der Waals surface area contributed by atoms with Gasteiger partial charge in [0.15, 0.2) is 5.76 Å². The van der Waals surface area contributed by atoms with E-state index in [1.54, 1.807) is 12.1 Å². The van der Waals surface area contributed by atoms with Gasteiger partial charge in [-0.3, -0.25) is 14.4 Å². The van der Waals surface area contributed by atoms with Crippen molar-refractivity contribution in [2.75, 3.05) is 0 Å². The molecular weight excluding hydrogens is 473 g/mol. The fourth-order valence-corrected chi connectivity index (χ4v) is 4.79. The van der Waals surface area contributed by atoms with E-state index in [-0.39, 0.29) is 45.4 Å². The maximum absolute atomic E-state index is 14.3. The number of benzene rings is 3. The van der Waals surface area contributed by atoms with Crippen molar-refractivity contribution >= 4 is 40.3 Å². The molecular formula is C27H15ClFNO5. The second-order valence-electron chi connectivity index (χ2n) is 8.30. The van der Waals surface area contributed by atoms with Gasteiger partial charge in [-0.1, -0.05) is 35.9 Å². The molecule has 3 aromatic carbocycles. The Morgan fingerprint density at radius 2 is 1.83 bits per heavy atom. The number of halogens is 2. The molecule has 0 radical (unpaired) electrons. The number of nitrogens with one attached hydrogen (secondary N) is 1. The number of para-hydroxylation sites is 1. The van der Waals surface area contributed by atoms with E-state index in [4.69, 9.17) is 21.1 Å². The Morgan fingerprint density at radius 1 is 1.00 bits per heavy atom. The van der Waals surface area contributed by atoms with Crippen molar-refractivity contribution in [2.24, 2.45) is 0 Å². The van der Waals surface area contributed by atoms with Crippen LogP contribution in [0.15, 0.2) is 71.2 Å². The lowest BCUT2D eigenvalue weighted by molar-refractivity contribution is -0.135. The van der Waals surface area contributed by atoms with Gasteiger partial charge in [-0.15, -0.1) is 0 Å². The molecule has 2 aliphatic heterocycles. The lowest BCUT2D eigenvalue weighted by Gasteiger charge is -2.26. The van der Waals surface area contributed by atoms with Crippen LogP contribution >= 0.6 is 11.6 Å². The number of carbonyl (C=O) groups excluding carboxylic acids is 2. The highest BCUT2D eigenvalue weighted by molar-refractivity contribution is 6.32. The van der Waals surface area contributed by atoms with Gasteiger partial charge in [-0.2, -0.15) is 0 Å². The maximum Gasteiger partial charge on any atom is 0.312 e. The smallest absolute Gasteiger partial charge is 0.312 e. The molecule has 0 aliphatic carbocycles. The van der Waals surface area contributed by atoms with Gasteiger partial charge in [0.25, 0.3) is 5.56 Å². The van der Waals surface area contributed by atoms with Crippen molar-refractivity contribution in [3.63, 3.8) is 0 Å². The molecule has 2 aliphatic rings. The first-order valence-corrected chi connectivity index (χ1v) is 11.2. The molecule has 3 heterocycles. The van der Waals surface area contributed by atoms with Crippen LogP contribution in [0.5, 0.6) is 11.5 Å². The number of allylic oxidation sites excluding steroid dienone is 1. The number of pyridine rings is 1. The van der Waals surface area contributed by atoms with Crippen molar-refractivity contribution in [1.82, 2.24) is 4.98 Å². The molecule has 0 amide bonds. The number of carbonyl (C=O) groups is 2. The van der Waals surface area contributed by atoms with Crippen LogP contribution in [0.25, 0.3) is 17.0 Å². The van der Waals surface area contributed by atoms with Crippen molar-refractivity contribution in [1.29, 1.82) is 0 Å². The number of ketones is 1. The second kappa shape index (κ2) is 7.92.